The normalized spacial score (nSPS) is 14.7. The Bertz CT molecular complexity index is 799. The van der Waals surface area contributed by atoms with Crippen molar-refractivity contribution < 1.29 is 4.79 Å². The maximum Gasteiger partial charge on any atom is 0.229 e. The van der Waals surface area contributed by atoms with Crippen molar-refractivity contribution in [2.75, 3.05) is 36.4 Å². The molecular weight excluding hydrogens is 350 g/mol. The molecule has 2 aromatic rings. The van der Waals surface area contributed by atoms with Crippen molar-refractivity contribution in [3.63, 3.8) is 0 Å². The van der Waals surface area contributed by atoms with E-state index in [1.807, 2.05) is 11.0 Å². The molecule has 0 bridgehead atoms. The fraction of sp³-hybridized carbons (Fsp3) is 0.500. The minimum absolute atomic E-state index is 0.135. The number of nitrogens with one attached hydrogen (secondary N) is 1. The molecule has 28 heavy (non-hydrogen) atoms. The standard InChI is InChI=1S/C22H31N5O/c1-15(2)18-7-6-8-19(16(3)4)21(18)25-22-23-10-9-20(24-22)27-13-11-26(12-14-27)17(5)28/h6-10,15-16H,11-14H2,1-5H3,(H,23,24,25). The average molecular weight is 382 g/mol. The molecule has 0 aliphatic carbocycles. The summed E-state index contributed by atoms with van der Waals surface area (Å²) < 4.78 is 0. The fourth-order valence-electron chi connectivity index (χ4n) is 3.64. The number of carbonyl (C=O) groups excluding carboxylic acids is 1. The summed E-state index contributed by atoms with van der Waals surface area (Å²) in [6.45, 7) is 13.5. The Kier molecular flexibility index (Phi) is 6.17. The van der Waals surface area contributed by atoms with E-state index < -0.39 is 0 Å². The molecular formula is C22H31N5O. The van der Waals surface area contributed by atoms with Gasteiger partial charge in [-0.2, -0.15) is 4.98 Å². The van der Waals surface area contributed by atoms with Crippen molar-refractivity contribution in [1.29, 1.82) is 0 Å². The van der Waals surface area contributed by atoms with Crippen LogP contribution in [0.5, 0.6) is 0 Å². The number of benzene rings is 1. The van der Waals surface area contributed by atoms with Gasteiger partial charge >= 0.3 is 0 Å². The lowest BCUT2D eigenvalue weighted by Gasteiger charge is -2.34. The fourth-order valence-corrected chi connectivity index (χ4v) is 3.64. The molecule has 1 aliphatic rings. The quantitative estimate of drug-likeness (QED) is 0.844. The molecule has 0 radical (unpaired) electrons. The van der Waals surface area contributed by atoms with Crippen molar-refractivity contribution >= 4 is 23.4 Å². The molecule has 1 fully saturated rings. The number of hydrogen-bond acceptors (Lipinski definition) is 5. The summed E-state index contributed by atoms with van der Waals surface area (Å²) in [7, 11) is 0. The molecule has 150 valence electrons. The minimum atomic E-state index is 0.135. The van der Waals surface area contributed by atoms with Gasteiger partial charge in [-0.25, -0.2) is 4.98 Å². The summed E-state index contributed by atoms with van der Waals surface area (Å²) in [5, 5.41) is 3.50. The monoisotopic (exact) mass is 381 g/mol. The highest BCUT2D eigenvalue weighted by molar-refractivity contribution is 5.73. The molecule has 0 spiro atoms. The van der Waals surface area contributed by atoms with Crippen molar-refractivity contribution in [1.82, 2.24) is 14.9 Å². The number of nitrogens with zero attached hydrogens (tertiary/aromatic N) is 4. The minimum Gasteiger partial charge on any atom is -0.353 e. The van der Waals surface area contributed by atoms with Crippen LogP contribution in [0.4, 0.5) is 17.5 Å². The molecule has 2 heterocycles. The summed E-state index contributed by atoms with van der Waals surface area (Å²) in [5.74, 6) is 2.46. The summed E-state index contributed by atoms with van der Waals surface area (Å²) >= 11 is 0. The lowest BCUT2D eigenvalue weighted by Crippen LogP contribution is -2.48. The zero-order valence-corrected chi connectivity index (χ0v) is 17.6. The second-order valence-electron chi connectivity index (χ2n) is 7.98. The van der Waals surface area contributed by atoms with Crippen LogP contribution >= 0.6 is 0 Å². The Morgan fingerprint density at radius 2 is 1.61 bits per heavy atom. The van der Waals surface area contributed by atoms with Gasteiger partial charge in [-0.1, -0.05) is 45.9 Å². The summed E-state index contributed by atoms with van der Waals surface area (Å²) in [6, 6.07) is 8.40. The van der Waals surface area contributed by atoms with Crippen LogP contribution in [-0.4, -0.2) is 47.0 Å². The third-order valence-electron chi connectivity index (χ3n) is 5.30. The molecule has 6 nitrogen and oxygen atoms in total. The number of aromatic nitrogens is 2. The smallest absolute Gasteiger partial charge is 0.229 e. The number of piperazine rings is 1. The average Bonchev–Trinajstić information content (AvgIpc) is 2.68. The van der Waals surface area contributed by atoms with E-state index >= 15 is 0 Å². The van der Waals surface area contributed by atoms with E-state index in [0.29, 0.717) is 17.8 Å². The van der Waals surface area contributed by atoms with Gasteiger partial charge in [0.1, 0.15) is 5.82 Å². The molecule has 1 aromatic heterocycles. The van der Waals surface area contributed by atoms with Gasteiger partial charge in [-0.15, -0.1) is 0 Å². The van der Waals surface area contributed by atoms with Crippen LogP contribution in [0, 0.1) is 0 Å². The summed E-state index contributed by atoms with van der Waals surface area (Å²) in [4.78, 5) is 24.9. The van der Waals surface area contributed by atoms with Crippen LogP contribution in [0.15, 0.2) is 30.5 Å². The van der Waals surface area contributed by atoms with Gasteiger partial charge in [0.05, 0.1) is 0 Å². The van der Waals surface area contributed by atoms with Gasteiger partial charge in [0.15, 0.2) is 0 Å². The van der Waals surface area contributed by atoms with Gasteiger partial charge in [-0.3, -0.25) is 4.79 Å². The van der Waals surface area contributed by atoms with Crippen LogP contribution < -0.4 is 10.2 Å². The first kappa shape index (κ1) is 20.1. The van der Waals surface area contributed by atoms with Crippen molar-refractivity contribution in [3.8, 4) is 0 Å². The third kappa shape index (κ3) is 4.43. The Labute approximate surface area is 168 Å². The lowest BCUT2D eigenvalue weighted by atomic mass is 9.93. The van der Waals surface area contributed by atoms with Gasteiger partial charge in [0.25, 0.3) is 0 Å². The largest absolute Gasteiger partial charge is 0.353 e. The van der Waals surface area contributed by atoms with Crippen LogP contribution in [0.1, 0.15) is 57.6 Å². The number of hydrogen-bond donors (Lipinski definition) is 1. The first-order valence-electron chi connectivity index (χ1n) is 10.1. The Balaban J connectivity index is 1.84. The van der Waals surface area contributed by atoms with E-state index in [1.165, 1.54) is 11.1 Å². The van der Waals surface area contributed by atoms with Crippen LogP contribution in [0.2, 0.25) is 0 Å². The molecule has 6 heteroatoms. The highest BCUT2D eigenvalue weighted by atomic mass is 16.2. The molecule has 1 saturated heterocycles. The van der Waals surface area contributed by atoms with Gasteiger partial charge in [0.2, 0.25) is 11.9 Å². The van der Waals surface area contributed by atoms with Gasteiger partial charge in [0, 0.05) is 45.0 Å². The number of para-hydroxylation sites is 1. The van der Waals surface area contributed by atoms with E-state index in [0.717, 1.165) is 37.7 Å². The molecule has 0 unspecified atom stereocenters. The predicted molar refractivity (Wildman–Crippen MR) is 114 cm³/mol. The van der Waals surface area contributed by atoms with E-state index in [4.69, 9.17) is 4.98 Å². The number of carbonyl (C=O) groups is 1. The van der Waals surface area contributed by atoms with Crippen molar-refractivity contribution in [2.45, 2.75) is 46.5 Å². The third-order valence-corrected chi connectivity index (χ3v) is 5.30. The van der Waals surface area contributed by atoms with Crippen LogP contribution in [-0.2, 0) is 4.79 Å². The first-order chi connectivity index (χ1) is 13.4. The second-order valence-corrected chi connectivity index (χ2v) is 7.98. The molecule has 0 atom stereocenters. The highest BCUT2D eigenvalue weighted by Gasteiger charge is 2.20. The molecule has 3 rings (SSSR count). The molecule has 0 saturated carbocycles. The zero-order valence-electron chi connectivity index (χ0n) is 17.6. The summed E-state index contributed by atoms with van der Waals surface area (Å²) in [6.07, 6.45) is 1.80. The second kappa shape index (κ2) is 8.59. The number of rotatable bonds is 5. The zero-order chi connectivity index (χ0) is 20.3. The number of anilines is 3. The van der Waals surface area contributed by atoms with Gasteiger partial charge in [-0.05, 0) is 29.0 Å². The maximum atomic E-state index is 11.5. The molecule has 1 N–H and O–H groups in total. The molecule has 1 amide bonds. The SMILES string of the molecule is CC(=O)N1CCN(c2ccnc(Nc3c(C(C)C)cccc3C(C)C)n2)CC1. The van der Waals surface area contributed by atoms with Crippen molar-refractivity contribution in [2.24, 2.45) is 0 Å². The predicted octanol–water partition coefficient (Wildman–Crippen LogP) is 4.14. The first-order valence-corrected chi connectivity index (χ1v) is 10.1. The lowest BCUT2D eigenvalue weighted by molar-refractivity contribution is -0.129. The van der Waals surface area contributed by atoms with E-state index in [-0.39, 0.29) is 5.91 Å². The van der Waals surface area contributed by atoms with E-state index in [1.54, 1.807) is 13.1 Å². The van der Waals surface area contributed by atoms with E-state index in [2.05, 4.69) is 61.1 Å². The molecule has 1 aromatic carbocycles. The van der Waals surface area contributed by atoms with Crippen LogP contribution in [0.3, 0.4) is 0 Å². The highest BCUT2D eigenvalue weighted by Crippen LogP contribution is 2.34. The maximum absolute atomic E-state index is 11.5. The van der Waals surface area contributed by atoms with E-state index in [9.17, 15) is 4.79 Å². The topological polar surface area (TPSA) is 61.4 Å². The molecule has 1 aliphatic heterocycles. The Morgan fingerprint density at radius 1 is 1.00 bits per heavy atom. The summed E-state index contributed by atoms with van der Waals surface area (Å²) in [5.41, 5.74) is 3.66. The van der Waals surface area contributed by atoms with Crippen LogP contribution in [0.25, 0.3) is 0 Å². The Morgan fingerprint density at radius 3 is 2.14 bits per heavy atom. The van der Waals surface area contributed by atoms with Crippen molar-refractivity contribution in [3.05, 3.63) is 41.6 Å². The number of amides is 1. The Hall–Kier alpha value is -2.63. The van der Waals surface area contributed by atoms with Gasteiger partial charge < -0.3 is 15.1 Å².